The van der Waals surface area contributed by atoms with Gasteiger partial charge in [0.05, 0.1) is 0 Å². The zero-order valence-electron chi connectivity index (χ0n) is 11.9. The Labute approximate surface area is 111 Å². The maximum atomic E-state index is 5.38. The van der Waals surface area contributed by atoms with Crippen molar-refractivity contribution in [2.75, 3.05) is 33.2 Å². The van der Waals surface area contributed by atoms with Crippen LogP contribution >= 0.6 is 0 Å². The minimum atomic E-state index is -2.46. The second kappa shape index (κ2) is 6.89. The van der Waals surface area contributed by atoms with E-state index in [-0.39, 0.29) is 0 Å². The van der Waals surface area contributed by atoms with Crippen molar-refractivity contribution in [1.82, 2.24) is 0 Å². The fraction of sp³-hybridized carbons (Fsp3) is 0.538. The van der Waals surface area contributed by atoms with Crippen molar-refractivity contribution in [2.24, 2.45) is 0 Å². The Balaban J connectivity index is 2.58. The van der Waals surface area contributed by atoms with E-state index in [1.165, 1.54) is 11.1 Å². The molecule has 0 fully saturated rings. The molecule has 0 saturated carbocycles. The van der Waals surface area contributed by atoms with E-state index in [0.29, 0.717) is 0 Å². The fourth-order valence-electron chi connectivity index (χ4n) is 1.85. The number of nitrogens with one attached hydrogen (secondary N) is 1. The number of hydrogen-bond acceptors (Lipinski definition) is 4. The normalized spacial score (nSPS) is 11.6. The van der Waals surface area contributed by atoms with Gasteiger partial charge < -0.3 is 18.6 Å². The standard InChI is InChI=1S/C13H23NO3Si/c1-11-7-6-8-13(12(11)2)14-9-10-18(15-3,16-4)17-5/h6-8,14H,9-10H2,1-5H3. The third-order valence-electron chi connectivity index (χ3n) is 3.28. The van der Waals surface area contributed by atoms with Crippen LogP contribution in [0.4, 0.5) is 5.69 Å². The molecule has 0 atom stereocenters. The highest BCUT2D eigenvalue weighted by molar-refractivity contribution is 6.60. The maximum Gasteiger partial charge on any atom is 0.501 e. The third kappa shape index (κ3) is 3.55. The summed E-state index contributed by atoms with van der Waals surface area (Å²) in [5, 5.41) is 3.41. The van der Waals surface area contributed by atoms with Crippen LogP contribution < -0.4 is 5.32 Å². The zero-order chi connectivity index (χ0) is 13.6. The predicted octanol–water partition coefficient (Wildman–Crippen LogP) is 2.59. The minimum Gasteiger partial charge on any atom is -0.385 e. The maximum absolute atomic E-state index is 5.38. The molecule has 0 aliphatic carbocycles. The summed E-state index contributed by atoms with van der Waals surface area (Å²) in [5.41, 5.74) is 3.71. The van der Waals surface area contributed by atoms with E-state index in [4.69, 9.17) is 13.3 Å². The Morgan fingerprint density at radius 3 is 2.22 bits per heavy atom. The van der Waals surface area contributed by atoms with Crippen LogP contribution in [-0.4, -0.2) is 36.7 Å². The molecule has 1 rings (SSSR count). The molecule has 0 amide bonds. The van der Waals surface area contributed by atoms with Crippen molar-refractivity contribution in [2.45, 2.75) is 19.9 Å². The number of hydrogen-bond donors (Lipinski definition) is 1. The molecule has 0 aliphatic rings. The van der Waals surface area contributed by atoms with Gasteiger partial charge >= 0.3 is 8.80 Å². The zero-order valence-corrected chi connectivity index (χ0v) is 12.9. The van der Waals surface area contributed by atoms with Crippen LogP contribution in [0, 0.1) is 13.8 Å². The van der Waals surface area contributed by atoms with Gasteiger partial charge in [0.2, 0.25) is 0 Å². The summed E-state index contributed by atoms with van der Waals surface area (Å²) in [7, 11) is 2.44. The SMILES string of the molecule is CO[Si](CCNc1cccc(C)c1C)(OC)OC. The second-order valence-electron chi connectivity index (χ2n) is 4.22. The highest BCUT2D eigenvalue weighted by Crippen LogP contribution is 2.19. The van der Waals surface area contributed by atoms with Crippen molar-refractivity contribution in [3.8, 4) is 0 Å². The van der Waals surface area contributed by atoms with Gasteiger partial charge in [-0.2, -0.15) is 0 Å². The second-order valence-corrected chi connectivity index (χ2v) is 7.31. The summed E-state index contributed by atoms with van der Waals surface area (Å²) < 4.78 is 16.1. The van der Waals surface area contributed by atoms with Gasteiger partial charge in [-0.15, -0.1) is 0 Å². The van der Waals surface area contributed by atoms with E-state index in [1.807, 2.05) is 0 Å². The van der Waals surface area contributed by atoms with Crippen LogP contribution in [-0.2, 0) is 13.3 Å². The van der Waals surface area contributed by atoms with Gasteiger partial charge in [0.25, 0.3) is 0 Å². The van der Waals surface area contributed by atoms with Crippen molar-refractivity contribution in [3.05, 3.63) is 29.3 Å². The van der Waals surface area contributed by atoms with E-state index in [2.05, 4.69) is 37.4 Å². The lowest BCUT2D eigenvalue weighted by Gasteiger charge is -2.24. The Morgan fingerprint density at radius 2 is 1.67 bits per heavy atom. The highest BCUT2D eigenvalue weighted by atomic mass is 28.4. The first-order valence-corrected chi connectivity index (χ1v) is 7.97. The number of aryl methyl sites for hydroxylation is 1. The smallest absolute Gasteiger partial charge is 0.385 e. The van der Waals surface area contributed by atoms with Crippen LogP contribution in [0.15, 0.2) is 18.2 Å². The van der Waals surface area contributed by atoms with Crippen LogP contribution in [0.3, 0.4) is 0 Å². The van der Waals surface area contributed by atoms with E-state index in [1.54, 1.807) is 21.3 Å². The highest BCUT2D eigenvalue weighted by Gasteiger charge is 2.37. The van der Waals surface area contributed by atoms with Gasteiger partial charge in [0.15, 0.2) is 0 Å². The van der Waals surface area contributed by atoms with Gasteiger partial charge in [-0.05, 0) is 31.0 Å². The first kappa shape index (κ1) is 15.2. The van der Waals surface area contributed by atoms with Crippen molar-refractivity contribution in [3.63, 3.8) is 0 Å². The van der Waals surface area contributed by atoms with Crippen LogP contribution in [0.2, 0.25) is 6.04 Å². The van der Waals surface area contributed by atoms with Crippen LogP contribution in [0.25, 0.3) is 0 Å². The lowest BCUT2D eigenvalue weighted by molar-refractivity contribution is 0.124. The summed E-state index contributed by atoms with van der Waals surface area (Å²) >= 11 is 0. The lowest BCUT2D eigenvalue weighted by Crippen LogP contribution is -2.44. The molecular weight excluding hydrogens is 246 g/mol. The van der Waals surface area contributed by atoms with E-state index < -0.39 is 8.80 Å². The summed E-state index contributed by atoms with van der Waals surface area (Å²) in [5.74, 6) is 0. The molecule has 5 heteroatoms. The first-order valence-electron chi connectivity index (χ1n) is 6.04. The molecule has 0 spiro atoms. The van der Waals surface area contributed by atoms with Crippen LogP contribution in [0.1, 0.15) is 11.1 Å². The summed E-state index contributed by atoms with van der Waals surface area (Å²) in [6.07, 6.45) is 0. The average Bonchev–Trinajstić information content (AvgIpc) is 2.40. The largest absolute Gasteiger partial charge is 0.501 e. The van der Waals surface area contributed by atoms with Gasteiger partial charge in [-0.25, -0.2) is 0 Å². The van der Waals surface area contributed by atoms with Crippen molar-refractivity contribution in [1.29, 1.82) is 0 Å². The quantitative estimate of drug-likeness (QED) is 0.772. The van der Waals surface area contributed by atoms with Crippen molar-refractivity contribution >= 4 is 14.5 Å². The summed E-state index contributed by atoms with van der Waals surface area (Å²) in [6, 6.07) is 6.99. The molecule has 1 N–H and O–H groups in total. The average molecular weight is 269 g/mol. The lowest BCUT2D eigenvalue weighted by atomic mass is 10.1. The summed E-state index contributed by atoms with van der Waals surface area (Å²) in [6.45, 7) is 5.00. The molecular formula is C13H23NO3Si. The first-order chi connectivity index (χ1) is 8.58. The number of benzene rings is 1. The van der Waals surface area contributed by atoms with Gasteiger partial charge in [-0.1, -0.05) is 12.1 Å². The number of anilines is 1. The van der Waals surface area contributed by atoms with E-state index in [0.717, 1.165) is 18.3 Å². The molecule has 0 heterocycles. The predicted molar refractivity (Wildman–Crippen MR) is 76.0 cm³/mol. The third-order valence-corrected chi connectivity index (χ3v) is 6.01. The monoisotopic (exact) mass is 269 g/mol. The molecule has 0 radical (unpaired) electrons. The molecule has 0 aromatic heterocycles. The summed E-state index contributed by atoms with van der Waals surface area (Å²) in [4.78, 5) is 0. The number of rotatable bonds is 7. The molecule has 0 unspecified atom stereocenters. The van der Waals surface area contributed by atoms with Crippen LogP contribution in [0.5, 0.6) is 0 Å². The molecule has 0 aliphatic heterocycles. The fourth-order valence-corrected chi connectivity index (χ4v) is 3.39. The van der Waals surface area contributed by atoms with E-state index >= 15 is 0 Å². The van der Waals surface area contributed by atoms with E-state index in [9.17, 15) is 0 Å². The van der Waals surface area contributed by atoms with Gasteiger partial charge in [-0.3, -0.25) is 0 Å². The molecule has 1 aromatic rings. The van der Waals surface area contributed by atoms with Gasteiger partial charge in [0, 0.05) is 39.6 Å². The Morgan fingerprint density at radius 1 is 1.06 bits per heavy atom. The topological polar surface area (TPSA) is 39.7 Å². The van der Waals surface area contributed by atoms with Crippen molar-refractivity contribution < 1.29 is 13.3 Å². The Hall–Kier alpha value is -0.883. The van der Waals surface area contributed by atoms with Gasteiger partial charge in [0.1, 0.15) is 0 Å². The molecule has 1 aromatic carbocycles. The Bertz CT molecular complexity index is 372. The minimum absolute atomic E-state index is 0.740. The Kier molecular flexibility index (Phi) is 5.81. The molecule has 0 bridgehead atoms. The molecule has 18 heavy (non-hydrogen) atoms. The molecule has 0 saturated heterocycles. The molecule has 102 valence electrons. The molecule has 4 nitrogen and oxygen atoms in total.